The molecule has 3 aromatic rings. The van der Waals surface area contributed by atoms with Crippen molar-refractivity contribution in [2.24, 2.45) is 0 Å². The number of nitrogens with one attached hydrogen (secondary N) is 1. The summed E-state index contributed by atoms with van der Waals surface area (Å²) in [6.45, 7) is 6.39. The number of benzene rings is 1. The number of carbonyl (C=O) groups is 1. The standard InChI is InChI=1S/C22H26N4O2/c1-16-7-8-21(28-16)20-6-4-3-5-18(20)15-25-13-10-19(11-14-25)26-22(9-12-23-26)24-17(2)27/h3-9,12,19H,10-11,13-15H2,1-2H3,(H,24,27). The van der Waals surface area contributed by atoms with E-state index in [0.29, 0.717) is 6.04 Å². The number of hydrogen-bond donors (Lipinski definition) is 1. The Labute approximate surface area is 165 Å². The highest BCUT2D eigenvalue weighted by atomic mass is 16.3. The van der Waals surface area contributed by atoms with Crippen molar-refractivity contribution in [2.75, 3.05) is 18.4 Å². The molecule has 0 unspecified atom stereocenters. The van der Waals surface area contributed by atoms with Gasteiger partial charge in [0, 0.05) is 38.2 Å². The number of hydrogen-bond acceptors (Lipinski definition) is 4. The van der Waals surface area contributed by atoms with Gasteiger partial charge in [-0.2, -0.15) is 5.10 Å². The Kier molecular flexibility index (Phi) is 5.30. The fourth-order valence-electron chi connectivity index (χ4n) is 3.93. The predicted octanol–water partition coefficient (Wildman–Crippen LogP) is 4.25. The molecule has 0 saturated carbocycles. The van der Waals surface area contributed by atoms with Crippen molar-refractivity contribution in [1.82, 2.24) is 14.7 Å². The smallest absolute Gasteiger partial charge is 0.222 e. The normalized spacial score (nSPS) is 15.6. The zero-order chi connectivity index (χ0) is 19.5. The summed E-state index contributed by atoms with van der Waals surface area (Å²) in [6.07, 6.45) is 3.77. The predicted molar refractivity (Wildman–Crippen MR) is 109 cm³/mol. The molecule has 0 radical (unpaired) electrons. The first-order valence-corrected chi connectivity index (χ1v) is 9.78. The lowest BCUT2D eigenvalue weighted by Gasteiger charge is -2.33. The Morgan fingerprint density at radius 2 is 1.96 bits per heavy atom. The van der Waals surface area contributed by atoms with E-state index in [9.17, 15) is 4.79 Å². The van der Waals surface area contributed by atoms with Crippen LogP contribution >= 0.6 is 0 Å². The summed E-state index contributed by atoms with van der Waals surface area (Å²) in [6, 6.07) is 14.7. The summed E-state index contributed by atoms with van der Waals surface area (Å²) in [5.41, 5.74) is 2.45. The van der Waals surface area contributed by atoms with Crippen molar-refractivity contribution in [2.45, 2.75) is 39.3 Å². The third-order valence-electron chi connectivity index (χ3n) is 5.29. The van der Waals surface area contributed by atoms with Gasteiger partial charge in [-0.25, -0.2) is 4.68 Å². The van der Waals surface area contributed by atoms with Crippen molar-refractivity contribution in [3.05, 3.63) is 60.0 Å². The van der Waals surface area contributed by atoms with Crippen LogP contribution in [0.3, 0.4) is 0 Å². The molecule has 0 atom stereocenters. The summed E-state index contributed by atoms with van der Waals surface area (Å²) in [5, 5.41) is 7.30. The minimum absolute atomic E-state index is 0.0658. The lowest BCUT2D eigenvalue weighted by molar-refractivity contribution is -0.114. The summed E-state index contributed by atoms with van der Waals surface area (Å²) in [7, 11) is 0. The Morgan fingerprint density at radius 1 is 1.18 bits per heavy atom. The summed E-state index contributed by atoms with van der Waals surface area (Å²) < 4.78 is 7.80. The molecular weight excluding hydrogens is 352 g/mol. The van der Waals surface area contributed by atoms with Gasteiger partial charge in [0.1, 0.15) is 17.3 Å². The van der Waals surface area contributed by atoms with Gasteiger partial charge >= 0.3 is 0 Å². The fourth-order valence-corrected chi connectivity index (χ4v) is 3.93. The van der Waals surface area contributed by atoms with E-state index in [4.69, 9.17) is 4.42 Å². The lowest BCUT2D eigenvalue weighted by Crippen LogP contribution is -2.35. The highest BCUT2D eigenvalue weighted by molar-refractivity contribution is 5.87. The summed E-state index contributed by atoms with van der Waals surface area (Å²) in [5.74, 6) is 2.58. The number of nitrogens with zero attached hydrogens (tertiary/aromatic N) is 3. The second kappa shape index (κ2) is 8.02. The molecule has 1 saturated heterocycles. The number of likely N-dealkylation sites (tertiary alicyclic amines) is 1. The van der Waals surface area contributed by atoms with Crippen LogP contribution in [0.2, 0.25) is 0 Å². The maximum absolute atomic E-state index is 11.4. The van der Waals surface area contributed by atoms with E-state index in [1.165, 1.54) is 12.5 Å². The number of aryl methyl sites for hydroxylation is 1. The molecule has 1 aliphatic rings. The van der Waals surface area contributed by atoms with Gasteiger partial charge in [-0.15, -0.1) is 0 Å². The van der Waals surface area contributed by atoms with Gasteiger partial charge in [0.25, 0.3) is 0 Å². The van der Waals surface area contributed by atoms with Gasteiger partial charge < -0.3 is 9.73 Å². The van der Waals surface area contributed by atoms with Gasteiger partial charge in [0.2, 0.25) is 5.91 Å². The van der Waals surface area contributed by atoms with Gasteiger partial charge in [-0.1, -0.05) is 24.3 Å². The molecule has 4 rings (SSSR count). The maximum Gasteiger partial charge on any atom is 0.222 e. The number of aromatic nitrogens is 2. The number of anilines is 1. The second-order valence-corrected chi connectivity index (χ2v) is 7.42. The molecule has 2 aromatic heterocycles. The minimum atomic E-state index is -0.0658. The van der Waals surface area contributed by atoms with Crippen molar-refractivity contribution in [3.8, 4) is 11.3 Å². The summed E-state index contributed by atoms with van der Waals surface area (Å²) in [4.78, 5) is 13.9. The molecule has 6 heteroatoms. The maximum atomic E-state index is 11.4. The average molecular weight is 378 g/mol. The van der Waals surface area contributed by atoms with Crippen LogP contribution in [0, 0.1) is 6.92 Å². The number of carbonyl (C=O) groups excluding carboxylic acids is 1. The molecule has 0 bridgehead atoms. The zero-order valence-electron chi connectivity index (χ0n) is 16.4. The minimum Gasteiger partial charge on any atom is -0.461 e. The fraction of sp³-hybridized carbons (Fsp3) is 0.364. The Balaban J connectivity index is 1.42. The molecule has 6 nitrogen and oxygen atoms in total. The first-order chi connectivity index (χ1) is 13.6. The van der Waals surface area contributed by atoms with Gasteiger partial charge in [-0.05, 0) is 37.5 Å². The van der Waals surface area contributed by atoms with Crippen LogP contribution in [0.25, 0.3) is 11.3 Å². The average Bonchev–Trinajstić information content (AvgIpc) is 3.31. The second-order valence-electron chi connectivity index (χ2n) is 7.42. The van der Waals surface area contributed by atoms with Crippen LogP contribution in [0.5, 0.6) is 0 Å². The molecule has 3 heterocycles. The van der Waals surface area contributed by atoms with Gasteiger partial charge in [-0.3, -0.25) is 9.69 Å². The van der Waals surface area contributed by atoms with E-state index in [1.54, 1.807) is 6.20 Å². The third-order valence-corrected chi connectivity index (χ3v) is 5.29. The van der Waals surface area contributed by atoms with Crippen LogP contribution in [-0.2, 0) is 11.3 Å². The van der Waals surface area contributed by atoms with E-state index in [-0.39, 0.29) is 5.91 Å². The number of amides is 1. The highest BCUT2D eigenvalue weighted by Gasteiger charge is 2.23. The topological polar surface area (TPSA) is 63.3 Å². The lowest BCUT2D eigenvalue weighted by atomic mass is 10.0. The molecular formula is C22H26N4O2. The summed E-state index contributed by atoms with van der Waals surface area (Å²) >= 11 is 0. The first-order valence-electron chi connectivity index (χ1n) is 9.78. The first kappa shape index (κ1) is 18.5. The van der Waals surface area contributed by atoms with Crippen molar-refractivity contribution >= 4 is 11.7 Å². The molecule has 0 spiro atoms. The van der Waals surface area contributed by atoms with Gasteiger partial charge in [0.15, 0.2) is 0 Å². The third kappa shape index (κ3) is 4.02. The van der Waals surface area contributed by atoms with Crippen LogP contribution in [0.1, 0.15) is 37.1 Å². The van der Waals surface area contributed by atoms with Crippen molar-refractivity contribution in [1.29, 1.82) is 0 Å². The molecule has 1 amide bonds. The van der Waals surface area contributed by atoms with E-state index < -0.39 is 0 Å². The molecule has 1 N–H and O–H groups in total. The number of piperidine rings is 1. The Bertz CT molecular complexity index is 951. The van der Waals surface area contributed by atoms with Crippen molar-refractivity contribution in [3.63, 3.8) is 0 Å². The molecule has 1 aromatic carbocycles. The molecule has 1 fully saturated rings. The largest absolute Gasteiger partial charge is 0.461 e. The SMILES string of the molecule is CC(=O)Nc1ccnn1C1CCN(Cc2ccccc2-c2ccc(C)o2)CC1. The Morgan fingerprint density at radius 3 is 2.68 bits per heavy atom. The quantitative estimate of drug-likeness (QED) is 0.721. The van der Waals surface area contributed by atoms with Crippen LogP contribution in [0.15, 0.2) is 53.1 Å². The molecule has 0 aliphatic carbocycles. The zero-order valence-corrected chi connectivity index (χ0v) is 16.4. The molecule has 1 aliphatic heterocycles. The monoisotopic (exact) mass is 378 g/mol. The Hall–Kier alpha value is -2.86. The van der Waals surface area contributed by atoms with E-state index in [0.717, 1.165) is 55.4 Å². The van der Waals surface area contributed by atoms with E-state index in [2.05, 4.69) is 39.6 Å². The van der Waals surface area contributed by atoms with Crippen molar-refractivity contribution < 1.29 is 9.21 Å². The molecule has 146 valence electrons. The number of rotatable bonds is 5. The van der Waals surface area contributed by atoms with Gasteiger partial charge in [0.05, 0.1) is 12.2 Å². The molecule has 28 heavy (non-hydrogen) atoms. The van der Waals surface area contributed by atoms with E-state index in [1.807, 2.05) is 29.8 Å². The van der Waals surface area contributed by atoms with Crippen LogP contribution < -0.4 is 5.32 Å². The number of furan rings is 1. The highest BCUT2D eigenvalue weighted by Crippen LogP contribution is 2.29. The van der Waals surface area contributed by atoms with Crippen LogP contribution in [0.4, 0.5) is 5.82 Å². The van der Waals surface area contributed by atoms with E-state index >= 15 is 0 Å². The van der Waals surface area contributed by atoms with Crippen LogP contribution in [-0.4, -0.2) is 33.7 Å².